The Bertz CT molecular complexity index is 645. The molecule has 0 radical (unpaired) electrons. The number of rotatable bonds is 3. The highest BCUT2D eigenvalue weighted by molar-refractivity contribution is 8.24. The minimum atomic E-state index is -0.225. The Balaban J connectivity index is 1.88. The number of ether oxygens (including phenoxy) is 1. The van der Waals surface area contributed by atoms with Gasteiger partial charge in [-0.2, -0.15) is 0 Å². The predicted molar refractivity (Wildman–Crippen MR) is 90.6 cm³/mol. The van der Waals surface area contributed by atoms with E-state index in [1.54, 1.807) is 31.3 Å². The molecule has 3 nitrogen and oxygen atoms in total. The summed E-state index contributed by atoms with van der Waals surface area (Å²) in [5.41, 5.74) is 2.34. The van der Waals surface area contributed by atoms with Gasteiger partial charge in [-0.3, -0.25) is 10.3 Å². The van der Waals surface area contributed by atoms with E-state index in [0.717, 1.165) is 15.5 Å². The summed E-state index contributed by atoms with van der Waals surface area (Å²) in [5.74, 6) is 0.860. The van der Waals surface area contributed by atoms with E-state index in [2.05, 4.69) is 29.4 Å². The number of thioether (sulfide) groups is 1. The lowest BCUT2D eigenvalue weighted by Crippen LogP contribution is -2.33. The smallest absolute Gasteiger partial charge is 0.118 e. The Labute approximate surface area is 134 Å². The minimum absolute atomic E-state index is 0.0695. The average molecular weight is 316 g/mol. The molecule has 1 aromatic heterocycles. The quantitative estimate of drug-likeness (QED) is 0.874. The third kappa shape index (κ3) is 2.81. The van der Waals surface area contributed by atoms with Crippen LogP contribution in [0.1, 0.15) is 24.1 Å². The van der Waals surface area contributed by atoms with Crippen LogP contribution in [0.4, 0.5) is 0 Å². The summed E-state index contributed by atoms with van der Waals surface area (Å²) in [6.07, 6.45) is 3.60. The largest absolute Gasteiger partial charge is 0.497 e. The van der Waals surface area contributed by atoms with Crippen molar-refractivity contribution in [3.05, 3.63) is 59.9 Å². The van der Waals surface area contributed by atoms with E-state index in [1.165, 1.54) is 5.56 Å². The van der Waals surface area contributed by atoms with Crippen LogP contribution in [0.5, 0.6) is 5.75 Å². The lowest BCUT2D eigenvalue weighted by molar-refractivity contribution is 0.414. The summed E-state index contributed by atoms with van der Waals surface area (Å²) in [6, 6.07) is 12.2. The second-order valence-electron chi connectivity index (χ2n) is 5.04. The van der Waals surface area contributed by atoms with Gasteiger partial charge in [-0.25, -0.2) is 0 Å². The molecule has 2 unspecified atom stereocenters. The van der Waals surface area contributed by atoms with Crippen molar-refractivity contribution in [1.82, 2.24) is 10.3 Å². The number of nitrogens with one attached hydrogen (secondary N) is 1. The third-order valence-corrected chi connectivity index (χ3v) is 5.32. The van der Waals surface area contributed by atoms with Gasteiger partial charge in [0.15, 0.2) is 0 Å². The SMILES string of the molecule is COc1ccc(C2(C)NC(c3ccncc3)C(=S)S2)cc1. The lowest BCUT2D eigenvalue weighted by atomic mass is 10.0. The maximum atomic E-state index is 5.58. The van der Waals surface area contributed by atoms with Crippen LogP contribution in [-0.4, -0.2) is 16.3 Å². The van der Waals surface area contributed by atoms with E-state index in [1.807, 2.05) is 24.3 Å². The van der Waals surface area contributed by atoms with Gasteiger partial charge in [0.2, 0.25) is 0 Å². The molecule has 1 aromatic carbocycles. The molecule has 1 saturated heterocycles. The summed E-state index contributed by atoms with van der Waals surface area (Å²) in [7, 11) is 1.67. The Morgan fingerprint density at radius 2 is 1.86 bits per heavy atom. The van der Waals surface area contributed by atoms with E-state index in [0.29, 0.717) is 0 Å². The van der Waals surface area contributed by atoms with Crippen molar-refractivity contribution < 1.29 is 4.74 Å². The maximum absolute atomic E-state index is 5.58. The van der Waals surface area contributed by atoms with Crippen molar-refractivity contribution in [3.63, 3.8) is 0 Å². The second-order valence-corrected chi connectivity index (χ2v) is 7.20. The summed E-state index contributed by atoms with van der Waals surface area (Å²) in [4.78, 5) is 3.84. The molecule has 0 spiro atoms. The number of hydrogen-bond donors (Lipinski definition) is 1. The molecular weight excluding hydrogens is 300 g/mol. The fourth-order valence-electron chi connectivity index (χ4n) is 2.45. The molecule has 21 heavy (non-hydrogen) atoms. The number of hydrogen-bond acceptors (Lipinski definition) is 5. The van der Waals surface area contributed by atoms with E-state index in [9.17, 15) is 0 Å². The van der Waals surface area contributed by atoms with Gasteiger partial charge < -0.3 is 4.74 Å². The minimum Gasteiger partial charge on any atom is -0.497 e. The third-order valence-electron chi connectivity index (χ3n) is 3.64. The molecular formula is C16H16N2OS2. The highest BCUT2D eigenvalue weighted by atomic mass is 32.2. The van der Waals surface area contributed by atoms with Crippen LogP contribution in [0.25, 0.3) is 0 Å². The van der Waals surface area contributed by atoms with Crippen molar-refractivity contribution in [2.45, 2.75) is 17.8 Å². The molecule has 0 saturated carbocycles. The summed E-state index contributed by atoms with van der Waals surface area (Å²) >= 11 is 7.27. The zero-order valence-electron chi connectivity index (χ0n) is 11.9. The molecule has 5 heteroatoms. The molecule has 3 rings (SSSR count). The maximum Gasteiger partial charge on any atom is 0.118 e. The zero-order chi connectivity index (χ0) is 14.9. The van der Waals surface area contributed by atoms with Crippen LogP contribution < -0.4 is 10.1 Å². The number of thiocarbonyl (C=S) groups is 1. The molecule has 2 aromatic rings. The first-order chi connectivity index (χ1) is 10.1. The highest BCUT2D eigenvalue weighted by Gasteiger charge is 2.41. The predicted octanol–water partition coefficient (Wildman–Crippen LogP) is 3.67. The lowest BCUT2D eigenvalue weighted by Gasteiger charge is -2.25. The van der Waals surface area contributed by atoms with Crippen LogP contribution in [0.15, 0.2) is 48.8 Å². The number of methoxy groups -OCH3 is 1. The van der Waals surface area contributed by atoms with Crippen LogP contribution >= 0.6 is 24.0 Å². The molecule has 1 fully saturated rings. The Kier molecular flexibility index (Phi) is 3.97. The molecule has 0 aliphatic carbocycles. The molecule has 2 heterocycles. The van der Waals surface area contributed by atoms with E-state index >= 15 is 0 Å². The van der Waals surface area contributed by atoms with Crippen molar-refractivity contribution in [2.75, 3.05) is 7.11 Å². The zero-order valence-corrected chi connectivity index (χ0v) is 13.5. The summed E-state index contributed by atoms with van der Waals surface area (Å²) in [5, 5.41) is 3.64. The Morgan fingerprint density at radius 1 is 1.19 bits per heavy atom. The van der Waals surface area contributed by atoms with E-state index in [-0.39, 0.29) is 10.9 Å². The van der Waals surface area contributed by atoms with Crippen LogP contribution in [0.2, 0.25) is 0 Å². The first kappa shape index (κ1) is 14.5. The van der Waals surface area contributed by atoms with Crippen molar-refractivity contribution in [1.29, 1.82) is 0 Å². The monoisotopic (exact) mass is 316 g/mol. The number of benzene rings is 1. The Hall–Kier alpha value is -1.43. The normalized spacial score (nSPS) is 25.0. The van der Waals surface area contributed by atoms with Crippen molar-refractivity contribution >= 4 is 28.2 Å². The summed E-state index contributed by atoms with van der Waals surface area (Å²) in [6.45, 7) is 2.16. The van der Waals surface area contributed by atoms with Crippen LogP contribution in [-0.2, 0) is 4.87 Å². The van der Waals surface area contributed by atoms with Crippen molar-refractivity contribution in [2.24, 2.45) is 0 Å². The highest BCUT2D eigenvalue weighted by Crippen LogP contribution is 2.45. The number of nitrogens with zero attached hydrogens (tertiary/aromatic N) is 1. The van der Waals surface area contributed by atoms with Gasteiger partial charge in [-0.05, 0) is 42.3 Å². The Morgan fingerprint density at radius 3 is 2.48 bits per heavy atom. The fourth-order valence-corrected chi connectivity index (χ4v) is 4.29. The van der Waals surface area contributed by atoms with E-state index < -0.39 is 0 Å². The van der Waals surface area contributed by atoms with Gasteiger partial charge in [0.1, 0.15) is 5.75 Å². The van der Waals surface area contributed by atoms with Crippen molar-refractivity contribution in [3.8, 4) is 5.75 Å². The van der Waals surface area contributed by atoms with Gasteiger partial charge in [0.25, 0.3) is 0 Å². The number of pyridine rings is 1. The standard InChI is InChI=1S/C16H16N2OS2/c1-16(12-3-5-13(19-2)6-4-12)18-14(15(20)21-16)11-7-9-17-10-8-11/h3-10,14,18H,1-2H3. The van der Waals surface area contributed by atoms with Gasteiger partial charge >= 0.3 is 0 Å². The molecule has 108 valence electrons. The van der Waals surface area contributed by atoms with Gasteiger partial charge in [0, 0.05) is 12.4 Å². The van der Waals surface area contributed by atoms with Gasteiger partial charge in [-0.15, -0.1) is 0 Å². The molecule has 1 aliphatic rings. The van der Waals surface area contributed by atoms with Crippen LogP contribution in [0.3, 0.4) is 0 Å². The second kappa shape index (κ2) is 5.75. The first-order valence-electron chi connectivity index (χ1n) is 6.67. The molecule has 0 amide bonds. The number of aromatic nitrogens is 1. The molecule has 1 N–H and O–H groups in total. The van der Waals surface area contributed by atoms with Crippen LogP contribution in [0, 0.1) is 0 Å². The van der Waals surface area contributed by atoms with Gasteiger partial charge in [0.05, 0.1) is 22.2 Å². The fraction of sp³-hybridized carbons (Fsp3) is 0.250. The van der Waals surface area contributed by atoms with Gasteiger partial charge in [-0.1, -0.05) is 36.1 Å². The topological polar surface area (TPSA) is 34.1 Å². The molecule has 0 bridgehead atoms. The first-order valence-corrected chi connectivity index (χ1v) is 7.90. The molecule has 1 aliphatic heterocycles. The summed E-state index contributed by atoms with van der Waals surface area (Å²) < 4.78 is 6.17. The van der Waals surface area contributed by atoms with E-state index in [4.69, 9.17) is 17.0 Å². The molecule has 2 atom stereocenters. The average Bonchev–Trinajstić information content (AvgIpc) is 2.84.